The summed E-state index contributed by atoms with van der Waals surface area (Å²) in [6.07, 6.45) is 5.45. The average Bonchev–Trinajstić information content (AvgIpc) is 2.71. The van der Waals surface area contributed by atoms with Gasteiger partial charge in [-0.3, -0.25) is 14.4 Å². The molecule has 1 saturated carbocycles. The highest BCUT2D eigenvalue weighted by atomic mass is 16.5. The van der Waals surface area contributed by atoms with Crippen LogP contribution < -0.4 is 0 Å². The highest BCUT2D eigenvalue weighted by molar-refractivity contribution is 6.05. The van der Waals surface area contributed by atoms with Crippen molar-refractivity contribution in [3.05, 3.63) is 0 Å². The minimum absolute atomic E-state index is 0.0641. The maximum Gasteiger partial charge on any atom is 0.317 e. The minimum Gasteiger partial charge on any atom is -0.468 e. The van der Waals surface area contributed by atoms with Crippen molar-refractivity contribution in [1.82, 2.24) is 0 Å². The standard InChI is InChI=1S/C15H24O4/c1-4-5-6-9-15(10-7-8-12(15)17)13(11(2)16)14(18)19-3/h13H,4-10H2,1-3H3. The van der Waals surface area contributed by atoms with Gasteiger partial charge in [-0.05, 0) is 26.2 Å². The number of hydrogen-bond acceptors (Lipinski definition) is 4. The summed E-state index contributed by atoms with van der Waals surface area (Å²) >= 11 is 0. The Balaban J connectivity index is 3.03. The van der Waals surface area contributed by atoms with Gasteiger partial charge < -0.3 is 4.74 Å². The molecule has 1 aliphatic rings. The first-order chi connectivity index (χ1) is 8.99. The van der Waals surface area contributed by atoms with E-state index < -0.39 is 17.3 Å². The van der Waals surface area contributed by atoms with Gasteiger partial charge in [-0.2, -0.15) is 0 Å². The summed E-state index contributed by atoms with van der Waals surface area (Å²) in [7, 11) is 1.28. The van der Waals surface area contributed by atoms with Crippen LogP contribution in [0, 0.1) is 11.3 Å². The Bertz CT molecular complexity index is 361. The number of methoxy groups -OCH3 is 1. The van der Waals surface area contributed by atoms with E-state index in [4.69, 9.17) is 4.74 Å². The third kappa shape index (κ3) is 3.23. The van der Waals surface area contributed by atoms with Gasteiger partial charge in [-0.25, -0.2) is 0 Å². The minimum atomic E-state index is -0.913. The molecule has 0 radical (unpaired) electrons. The lowest BCUT2D eigenvalue weighted by Gasteiger charge is -2.33. The lowest BCUT2D eigenvalue weighted by Crippen LogP contribution is -2.44. The van der Waals surface area contributed by atoms with E-state index in [-0.39, 0.29) is 11.6 Å². The second-order valence-corrected chi connectivity index (χ2v) is 5.46. The maximum atomic E-state index is 12.3. The molecule has 0 spiro atoms. The number of ketones is 2. The van der Waals surface area contributed by atoms with Gasteiger partial charge in [0.25, 0.3) is 0 Å². The van der Waals surface area contributed by atoms with Crippen LogP contribution in [0.15, 0.2) is 0 Å². The van der Waals surface area contributed by atoms with Crippen molar-refractivity contribution < 1.29 is 19.1 Å². The maximum absolute atomic E-state index is 12.3. The largest absolute Gasteiger partial charge is 0.468 e. The molecule has 2 atom stereocenters. The van der Waals surface area contributed by atoms with Crippen molar-refractivity contribution in [3.63, 3.8) is 0 Å². The average molecular weight is 268 g/mol. The molecule has 1 fully saturated rings. The Kier molecular flexibility index (Phi) is 5.70. The second-order valence-electron chi connectivity index (χ2n) is 5.46. The Morgan fingerprint density at radius 1 is 1.37 bits per heavy atom. The van der Waals surface area contributed by atoms with Gasteiger partial charge in [0.05, 0.1) is 7.11 Å². The third-order valence-corrected chi connectivity index (χ3v) is 4.20. The molecule has 0 amide bonds. The second kappa shape index (κ2) is 6.83. The molecule has 4 heteroatoms. The zero-order valence-corrected chi connectivity index (χ0v) is 12.2. The number of Topliss-reactive ketones (excluding diaryl/α,β-unsaturated/α-hetero) is 2. The molecule has 0 saturated heterocycles. The molecule has 1 rings (SSSR count). The molecule has 0 heterocycles. The predicted molar refractivity (Wildman–Crippen MR) is 71.6 cm³/mol. The number of ether oxygens (including phenoxy) is 1. The monoisotopic (exact) mass is 268 g/mol. The summed E-state index contributed by atoms with van der Waals surface area (Å²) in [5.74, 6) is -1.66. The molecule has 2 unspecified atom stereocenters. The first kappa shape index (κ1) is 15.9. The van der Waals surface area contributed by atoms with E-state index in [9.17, 15) is 14.4 Å². The van der Waals surface area contributed by atoms with Crippen molar-refractivity contribution in [2.45, 2.75) is 58.8 Å². The Morgan fingerprint density at radius 2 is 2.05 bits per heavy atom. The quantitative estimate of drug-likeness (QED) is 0.404. The van der Waals surface area contributed by atoms with Crippen molar-refractivity contribution >= 4 is 17.5 Å². The molecule has 0 N–H and O–H groups in total. The van der Waals surface area contributed by atoms with Crippen LogP contribution in [0.25, 0.3) is 0 Å². The molecule has 108 valence electrons. The van der Waals surface area contributed by atoms with E-state index in [0.29, 0.717) is 19.3 Å². The van der Waals surface area contributed by atoms with Gasteiger partial charge in [-0.1, -0.05) is 26.2 Å². The number of carbonyl (C=O) groups is 3. The number of unbranched alkanes of at least 4 members (excludes halogenated alkanes) is 2. The van der Waals surface area contributed by atoms with Crippen molar-refractivity contribution in [3.8, 4) is 0 Å². The fourth-order valence-electron chi connectivity index (χ4n) is 3.26. The summed E-state index contributed by atoms with van der Waals surface area (Å²) in [5.41, 5.74) is -0.798. The Hall–Kier alpha value is -1.19. The van der Waals surface area contributed by atoms with Crippen LogP contribution in [0.1, 0.15) is 58.8 Å². The van der Waals surface area contributed by atoms with Crippen LogP contribution in [-0.2, 0) is 19.1 Å². The van der Waals surface area contributed by atoms with Crippen LogP contribution in [0.3, 0.4) is 0 Å². The SMILES string of the molecule is CCCCCC1(C(C(C)=O)C(=O)OC)CCCC1=O. The van der Waals surface area contributed by atoms with Gasteiger partial charge in [-0.15, -0.1) is 0 Å². The van der Waals surface area contributed by atoms with Crippen LogP contribution in [0.5, 0.6) is 0 Å². The molecule has 0 aromatic heterocycles. The first-order valence-electron chi connectivity index (χ1n) is 7.11. The van der Waals surface area contributed by atoms with Crippen LogP contribution in [0.2, 0.25) is 0 Å². The van der Waals surface area contributed by atoms with Gasteiger partial charge in [0.1, 0.15) is 17.5 Å². The zero-order valence-electron chi connectivity index (χ0n) is 12.2. The fraction of sp³-hybridized carbons (Fsp3) is 0.800. The van der Waals surface area contributed by atoms with Crippen molar-refractivity contribution in [1.29, 1.82) is 0 Å². The van der Waals surface area contributed by atoms with E-state index in [0.717, 1.165) is 25.7 Å². The van der Waals surface area contributed by atoms with Crippen LogP contribution >= 0.6 is 0 Å². The predicted octanol–water partition coefficient (Wildman–Crippen LogP) is 2.68. The topological polar surface area (TPSA) is 60.4 Å². The van der Waals surface area contributed by atoms with Gasteiger partial charge in [0, 0.05) is 11.8 Å². The zero-order chi connectivity index (χ0) is 14.5. The lowest BCUT2D eigenvalue weighted by molar-refractivity contribution is -0.158. The summed E-state index contributed by atoms with van der Waals surface area (Å²) in [6.45, 7) is 3.47. The molecule has 0 aliphatic heterocycles. The molecular formula is C15H24O4. The highest BCUT2D eigenvalue weighted by Crippen LogP contribution is 2.46. The summed E-state index contributed by atoms with van der Waals surface area (Å²) in [6, 6.07) is 0. The van der Waals surface area contributed by atoms with E-state index in [1.807, 2.05) is 0 Å². The van der Waals surface area contributed by atoms with Crippen LogP contribution in [0.4, 0.5) is 0 Å². The van der Waals surface area contributed by atoms with Gasteiger partial charge >= 0.3 is 5.97 Å². The number of esters is 1. The molecule has 1 aliphatic carbocycles. The van der Waals surface area contributed by atoms with E-state index in [2.05, 4.69) is 6.92 Å². The van der Waals surface area contributed by atoms with E-state index in [1.54, 1.807) is 0 Å². The van der Waals surface area contributed by atoms with Crippen LogP contribution in [-0.4, -0.2) is 24.6 Å². The smallest absolute Gasteiger partial charge is 0.317 e. The number of rotatable bonds is 7. The molecular weight excluding hydrogens is 244 g/mol. The normalized spacial score (nSPS) is 24.3. The fourth-order valence-corrected chi connectivity index (χ4v) is 3.26. The molecule has 0 aromatic carbocycles. The third-order valence-electron chi connectivity index (χ3n) is 4.20. The molecule has 0 aromatic rings. The molecule has 19 heavy (non-hydrogen) atoms. The van der Waals surface area contributed by atoms with Gasteiger partial charge in [0.2, 0.25) is 0 Å². The Morgan fingerprint density at radius 3 is 2.47 bits per heavy atom. The summed E-state index contributed by atoms with van der Waals surface area (Å²) in [5, 5.41) is 0. The Labute approximate surface area is 114 Å². The number of carbonyl (C=O) groups excluding carboxylic acids is 3. The summed E-state index contributed by atoms with van der Waals surface area (Å²) in [4.78, 5) is 36.1. The van der Waals surface area contributed by atoms with Crippen molar-refractivity contribution in [2.75, 3.05) is 7.11 Å². The molecule has 4 nitrogen and oxygen atoms in total. The first-order valence-corrected chi connectivity index (χ1v) is 7.11. The van der Waals surface area contributed by atoms with Crippen molar-refractivity contribution in [2.24, 2.45) is 11.3 Å². The molecule has 0 bridgehead atoms. The summed E-state index contributed by atoms with van der Waals surface area (Å²) < 4.78 is 4.75. The van der Waals surface area contributed by atoms with Gasteiger partial charge in [0.15, 0.2) is 0 Å². The van der Waals surface area contributed by atoms with E-state index >= 15 is 0 Å². The lowest BCUT2D eigenvalue weighted by atomic mass is 9.68. The van der Waals surface area contributed by atoms with E-state index in [1.165, 1.54) is 14.0 Å². The number of hydrogen-bond donors (Lipinski definition) is 0. The highest BCUT2D eigenvalue weighted by Gasteiger charge is 2.53.